The van der Waals surface area contributed by atoms with E-state index in [1.165, 1.54) is 0 Å². The normalized spacial score (nSPS) is 11.6. The largest absolute Gasteiger partial charge is 0.497 e. The number of hydrogen-bond donors (Lipinski definition) is 1. The Labute approximate surface area is 190 Å². The maximum Gasteiger partial charge on any atom is 0.242 e. The van der Waals surface area contributed by atoms with Crippen LogP contribution in [0.5, 0.6) is 5.75 Å². The second-order valence-corrected chi connectivity index (χ2v) is 8.66. The van der Waals surface area contributed by atoms with Gasteiger partial charge in [-0.2, -0.15) is 0 Å². The molecular formula is C25H34N2O3S. The van der Waals surface area contributed by atoms with Crippen LogP contribution in [0.4, 0.5) is 0 Å². The van der Waals surface area contributed by atoms with Crippen molar-refractivity contribution in [2.24, 2.45) is 0 Å². The number of methoxy groups -OCH3 is 1. The van der Waals surface area contributed by atoms with Crippen LogP contribution in [0, 0.1) is 6.92 Å². The molecule has 0 aliphatic carbocycles. The number of thioether (sulfide) groups is 1. The predicted molar refractivity (Wildman–Crippen MR) is 128 cm³/mol. The number of aryl methyl sites for hydroxylation is 1. The standard InChI is InChI=1S/C25H34N2O3S/c1-5-6-14-26-25(29)20(3)27(16-22-9-7-8-19(2)15-22)24(28)18-31-17-21-10-12-23(30-4)13-11-21/h7-13,15,20H,5-6,14,16-18H2,1-4H3,(H,26,29)/t20-/m1/s1. The zero-order valence-electron chi connectivity index (χ0n) is 19.0. The van der Waals surface area contributed by atoms with Crippen molar-refractivity contribution in [1.82, 2.24) is 10.2 Å². The minimum absolute atomic E-state index is 0.0295. The summed E-state index contributed by atoms with van der Waals surface area (Å²) in [5.74, 6) is 1.74. The fraction of sp³-hybridized carbons (Fsp3) is 0.440. The maximum absolute atomic E-state index is 13.1. The van der Waals surface area contributed by atoms with Gasteiger partial charge in [-0.3, -0.25) is 9.59 Å². The van der Waals surface area contributed by atoms with Gasteiger partial charge in [0.05, 0.1) is 12.9 Å². The monoisotopic (exact) mass is 442 g/mol. The Morgan fingerprint density at radius 3 is 2.52 bits per heavy atom. The summed E-state index contributed by atoms with van der Waals surface area (Å²) < 4.78 is 5.19. The van der Waals surface area contributed by atoms with Crippen LogP contribution in [0.15, 0.2) is 48.5 Å². The smallest absolute Gasteiger partial charge is 0.242 e. The average Bonchev–Trinajstić information content (AvgIpc) is 2.77. The number of nitrogens with one attached hydrogen (secondary N) is 1. The van der Waals surface area contributed by atoms with Crippen LogP contribution >= 0.6 is 11.8 Å². The van der Waals surface area contributed by atoms with E-state index in [4.69, 9.17) is 4.74 Å². The molecule has 1 N–H and O–H groups in total. The van der Waals surface area contributed by atoms with E-state index in [0.717, 1.165) is 41.0 Å². The van der Waals surface area contributed by atoms with Gasteiger partial charge in [0.2, 0.25) is 11.8 Å². The van der Waals surface area contributed by atoms with Crippen molar-refractivity contribution in [3.63, 3.8) is 0 Å². The molecule has 0 saturated carbocycles. The number of rotatable bonds is 12. The number of carbonyl (C=O) groups excluding carboxylic acids is 2. The Balaban J connectivity index is 2.02. The summed E-state index contributed by atoms with van der Waals surface area (Å²) in [7, 11) is 1.64. The average molecular weight is 443 g/mol. The maximum atomic E-state index is 13.1. The molecule has 5 nitrogen and oxygen atoms in total. The lowest BCUT2D eigenvalue weighted by Gasteiger charge is -2.29. The molecule has 168 valence electrons. The number of unbranched alkanes of at least 4 members (excludes halogenated alkanes) is 1. The molecular weight excluding hydrogens is 408 g/mol. The fourth-order valence-electron chi connectivity index (χ4n) is 3.19. The first-order valence-electron chi connectivity index (χ1n) is 10.8. The fourth-order valence-corrected chi connectivity index (χ4v) is 4.06. The first-order valence-corrected chi connectivity index (χ1v) is 11.9. The highest BCUT2D eigenvalue weighted by molar-refractivity contribution is 7.99. The van der Waals surface area contributed by atoms with E-state index in [1.807, 2.05) is 56.3 Å². The van der Waals surface area contributed by atoms with E-state index in [2.05, 4.69) is 18.3 Å². The van der Waals surface area contributed by atoms with Gasteiger partial charge in [0, 0.05) is 18.8 Å². The van der Waals surface area contributed by atoms with E-state index in [-0.39, 0.29) is 11.8 Å². The minimum Gasteiger partial charge on any atom is -0.497 e. The van der Waals surface area contributed by atoms with Crippen molar-refractivity contribution < 1.29 is 14.3 Å². The van der Waals surface area contributed by atoms with Crippen LogP contribution in [-0.4, -0.2) is 42.2 Å². The van der Waals surface area contributed by atoms with Gasteiger partial charge < -0.3 is 15.0 Å². The Hall–Kier alpha value is -2.47. The molecule has 0 bridgehead atoms. The molecule has 0 fully saturated rings. The molecule has 1 atom stereocenters. The summed E-state index contributed by atoms with van der Waals surface area (Å²) in [6.45, 7) is 6.98. The van der Waals surface area contributed by atoms with Gasteiger partial charge in [-0.1, -0.05) is 55.3 Å². The second-order valence-electron chi connectivity index (χ2n) is 7.67. The molecule has 2 rings (SSSR count). The first-order chi connectivity index (χ1) is 14.9. The summed E-state index contributed by atoms with van der Waals surface area (Å²) in [6, 6.07) is 15.4. The van der Waals surface area contributed by atoms with Crippen molar-refractivity contribution in [1.29, 1.82) is 0 Å². The van der Waals surface area contributed by atoms with E-state index in [9.17, 15) is 9.59 Å². The van der Waals surface area contributed by atoms with Gasteiger partial charge in [0.1, 0.15) is 11.8 Å². The number of ether oxygens (including phenoxy) is 1. The third-order valence-corrected chi connectivity index (χ3v) is 6.07. The Kier molecular flexibility index (Phi) is 10.4. The predicted octanol–water partition coefficient (Wildman–Crippen LogP) is 4.57. The number of hydrogen-bond acceptors (Lipinski definition) is 4. The Bertz CT molecular complexity index is 839. The lowest BCUT2D eigenvalue weighted by molar-refractivity contribution is -0.138. The Morgan fingerprint density at radius 1 is 1.13 bits per heavy atom. The molecule has 6 heteroatoms. The molecule has 0 aromatic heterocycles. The van der Waals surface area contributed by atoms with Crippen LogP contribution in [0.2, 0.25) is 0 Å². The van der Waals surface area contributed by atoms with E-state index in [0.29, 0.717) is 18.8 Å². The summed E-state index contributed by atoms with van der Waals surface area (Å²) >= 11 is 1.56. The summed E-state index contributed by atoms with van der Waals surface area (Å²) in [4.78, 5) is 27.4. The molecule has 0 spiro atoms. The highest BCUT2D eigenvalue weighted by Gasteiger charge is 2.25. The highest BCUT2D eigenvalue weighted by Crippen LogP contribution is 2.18. The molecule has 2 aromatic rings. The van der Waals surface area contributed by atoms with Crippen molar-refractivity contribution >= 4 is 23.6 Å². The van der Waals surface area contributed by atoms with Crippen LogP contribution in [0.3, 0.4) is 0 Å². The van der Waals surface area contributed by atoms with Gasteiger partial charge in [0.15, 0.2) is 0 Å². The quantitative estimate of drug-likeness (QED) is 0.489. The van der Waals surface area contributed by atoms with E-state index in [1.54, 1.807) is 23.8 Å². The molecule has 0 radical (unpaired) electrons. The third kappa shape index (κ3) is 8.29. The SMILES string of the molecule is CCCCNC(=O)[C@@H](C)N(Cc1cccc(C)c1)C(=O)CSCc1ccc(OC)cc1. The van der Waals surface area contributed by atoms with Crippen LogP contribution in [0.1, 0.15) is 43.4 Å². The lowest BCUT2D eigenvalue weighted by atomic mass is 10.1. The molecule has 0 saturated heterocycles. The van der Waals surface area contributed by atoms with Crippen LogP contribution < -0.4 is 10.1 Å². The van der Waals surface area contributed by atoms with Gasteiger partial charge in [0.25, 0.3) is 0 Å². The van der Waals surface area contributed by atoms with Gasteiger partial charge in [-0.25, -0.2) is 0 Å². The topological polar surface area (TPSA) is 58.6 Å². The Morgan fingerprint density at radius 2 is 1.87 bits per heavy atom. The van der Waals surface area contributed by atoms with Crippen molar-refractivity contribution in [2.45, 2.75) is 52.0 Å². The number of carbonyl (C=O) groups is 2. The van der Waals surface area contributed by atoms with Gasteiger partial charge in [-0.15, -0.1) is 11.8 Å². The number of nitrogens with zero attached hydrogens (tertiary/aromatic N) is 1. The molecule has 2 amide bonds. The van der Waals surface area contributed by atoms with Crippen molar-refractivity contribution in [3.05, 3.63) is 65.2 Å². The first kappa shape index (κ1) is 24.8. The molecule has 0 aliphatic rings. The third-order valence-electron chi connectivity index (χ3n) is 5.09. The van der Waals surface area contributed by atoms with Crippen molar-refractivity contribution in [3.8, 4) is 5.75 Å². The minimum atomic E-state index is -0.522. The van der Waals surface area contributed by atoms with E-state index < -0.39 is 6.04 Å². The molecule has 31 heavy (non-hydrogen) atoms. The van der Waals surface area contributed by atoms with Crippen LogP contribution in [0.25, 0.3) is 0 Å². The number of amides is 2. The highest BCUT2D eigenvalue weighted by atomic mass is 32.2. The van der Waals surface area contributed by atoms with Gasteiger partial charge in [-0.05, 0) is 43.5 Å². The summed E-state index contributed by atoms with van der Waals surface area (Å²) in [6.07, 6.45) is 1.95. The lowest BCUT2D eigenvalue weighted by Crippen LogP contribution is -2.48. The van der Waals surface area contributed by atoms with E-state index >= 15 is 0 Å². The molecule has 2 aromatic carbocycles. The molecule has 0 unspecified atom stereocenters. The zero-order chi connectivity index (χ0) is 22.6. The second kappa shape index (κ2) is 13.1. The van der Waals surface area contributed by atoms with Crippen molar-refractivity contribution in [2.75, 3.05) is 19.4 Å². The summed E-state index contributed by atoms with van der Waals surface area (Å²) in [5.41, 5.74) is 3.30. The van der Waals surface area contributed by atoms with Gasteiger partial charge >= 0.3 is 0 Å². The summed E-state index contributed by atoms with van der Waals surface area (Å²) in [5, 5.41) is 2.96. The zero-order valence-corrected chi connectivity index (χ0v) is 19.8. The number of benzene rings is 2. The van der Waals surface area contributed by atoms with Crippen LogP contribution in [-0.2, 0) is 21.9 Å². The molecule has 0 aliphatic heterocycles. The molecule has 0 heterocycles.